The molecule has 0 heterocycles. The Morgan fingerprint density at radius 2 is 1.69 bits per heavy atom. The van der Waals surface area contributed by atoms with Crippen LogP contribution in [0.2, 0.25) is 0 Å². The average molecular weight is 203 g/mol. The molecule has 0 aliphatic heterocycles. The van der Waals surface area contributed by atoms with Gasteiger partial charge in [0.25, 0.3) is 10.1 Å². The van der Waals surface area contributed by atoms with Crippen molar-refractivity contribution in [2.24, 2.45) is 0 Å². The summed E-state index contributed by atoms with van der Waals surface area (Å²) in [6, 6.07) is 8.59. The van der Waals surface area contributed by atoms with Gasteiger partial charge in [-0.1, -0.05) is 30.3 Å². The lowest BCUT2D eigenvalue weighted by atomic mass is 10.2. The van der Waals surface area contributed by atoms with E-state index in [9.17, 15) is 8.42 Å². The number of rotatable bonds is 2. The summed E-state index contributed by atoms with van der Waals surface area (Å²) in [6.45, 7) is 1.45. The monoisotopic (exact) mass is 203 g/mol. The summed E-state index contributed by atoms with van der Waals surface area (Å²) in [5.41, 5.74) is 0.597. The van der Waals surface area contributed by atoms with E-state index in [1.165, 1.54) is 6.92 Å². The Bertz CT molecular complexity index is 347. The maximum atomic E-state index is 10.7. The fraction of sp³-hybridized carbons (Fsp3) is 0.250. The maximum absolute atomic E-state index is 10.7. The summed E-state index contributed by atoms with van der Waals surface area (Å²) in [7, 11) is -3.96. The summed E-state index contributed by atoms with van der Waals surface area (Å²) >= 11 is 0. The van der Waals surface area contributed by atoms with Crippen LogP contribution in [0.3, 0.4) is 0 Å². The van der Waals surface area contributed by atoms with Gasteiger partial charge in [-0.25, -0.2) is 0 Å². The largest absolute Gasteiger partial charge is 0.344 e. The minimum atomic E-state index is -3.96. The molecule has 0 fully saturated rings. The first-order valence-corrected chi connectivity index (χ1v) is 5.03. The zero-order valence-corrected chi connectivity index (χ0v) is 8.16. The zero-order chi connectivity index (χ0) is 9.19. The van der Waals surface area contributed by atoms with Crippen molar-refractivity contribution in [3.8, 4) is 0 Å². The van der Waals surface area contributed by atoms with Gasteiger partial charge in [0, 0.05) is 0 Å². The predicted octanol–water partition coefficient (Wildman–Crippen LogP) is 1.80. The molecule has 4 N–H and O–H groups in total. The SMILES string of the molecule is CC(c1ccccc1)S(=O)(=O)O.N. The first-order chi connectivity index (χ1) is 5.52. The third-order valence-corrected chi connectivity index (χ3v) is 2.88. The quantitative estimate of drug-likeness (QED) is 0.717. The second-order valence-corrected chi connectivity index (χ2v) is 4.30. The Hall–Kier alpha value is -0.910. The molecular formula is C8H13NO3S. The summed E-state index contributed by atoms with van der Waals surface area (Å²) in [5, 5.41) is -0.848. The van der Waals surface area contributed by atoms with E-state index in [1.54, 1.807) is 30.3 Å². The van der Waals surface area contributed by atoms with Crippen LogP contribution in [0, 0.1) is 0 Å². The van der Waals surface area contributed by atoms with Crippen molar-refractivity contribution >= 4 is 10.1 Å². The maximum Gasteiger partial charge on any atom is 0.271 e. The Labute approximate surface area is 77.9 Å². The molecule has 1 rings (SSSR count). The average Bonchev–Trinajstić information content (AvgIpc) is 2.03. The molecule has 1 aromatic rings. The number of hydrogen-bond acceptors (Lipinski definition) is 3. The predicted molar refractivity (Wildman–Crippen MR) is 51.4 cm³/mol. The Morgan fingerprint density at radius 3 is 2.08 bits per heavy atom. The van der Waals surface area contributed by atoms with Crippen LogP contribution in [-0.2, 0) is 10.1 Å². The highest BCUT2D eigenvalue weighted by Gasteiger charge is 2.18. The number of benzene rings is 1. The van der Waals surface area contributed by atoms with E-state index in [1.807, 2.05) is 0 Å². The summed E-state index contributed by atoms with van der Waals surface area (Å²) < 4.78 is 30.1. The van der Waals surface area contributed by atoms with E-state index in [-0.39, 0.29) is 6.15 Å². The van der Waals surface area contributed by atoms with Gasteiger partial charge in [0.2, 0.25) is 0 Å². The highest BCUT2D eigenvalue weighted by molar-refractivity contribution is 7.86. The molecule has 1 atom stereocenters. The molecule has 0 amide bonds. The van der Waals surface area contributed by atoms with Crippen LogP contribution in [-0.4, -0.2) is 13.0 Å². The van der Waals surface area contributed by atoms with Crippen LogP contribution >= 0.6 is 0 Å². The molecule has 4 nitrogen and oxygen atoms in total. The lowest BCUT2D eigenvalue weighted by molar-refractivity contribution is 0.472. The number of hydrogen-bond donors (Lipinski definition) is 2. The smallest absolute Gasteiger partial charge is 0.271 e. The summed E-state index contributed by atoms with van der Waals surface area (Å²) in [6.07, 6.45) is 0. The molecule has 0 bridgehead atoms. The van der Waals surface area contributed by atoms with E-state index in [4.69, 9.17) is 4.55 Å². The molecule has 0 saturated carbocycles. The standard InChI is InChI=1S/C8H10O3S.H3N/c1-7(12(9,10)11)8-5-3-2-4-6-8;/h2-7H,1H3,(H,9,10,11);1H3. The molecule has 0 radical (unpaired) electrons. The third-order valence-electron chi connectivity index (χ3n) is 1.72. The highest BCUT2D eigenvalue weighted by Crippen LogP contribution is 2.19. The van der Waals surface area contributed by atoms with Gasteiger partial charge in [0.15, 0.2) is 0 Å². The molecule has 0 aliphatic carbocycles. The lowest BCUT2D eigenvalue weighted by Gasteiger charge is -2.06. The highest BCUT2D eigenvalue weighted by atomic mass is 32.2. The van der Waals surface area contributed by atoms with E-state index < -0.39 is 15.4 Å². The van der Waals surface area contributed by atoms with Gasteiger partial charge in [-0.2, -0.15) is 8.42 Å². The first kappa shape index (κ1) is 12.1. The van der Waals surface area contributed by atoms with Crippen LogP contribution in [0.15, 0.2) is 30.3 Å². The molecule has 0 spiro atoms. The molecule has 0 aliphatic rings. The Kier molecular flexibility index (Phi) is 4.06. The van der Waals surface area contributed by atoms with Crippen molar-refractivity contribution in [3.63, 3.8) is 0 Å². The summed E-state index contributed by atoms with van der Waals surface area (Å²) in [4.78, 5) is 0. The van der Waals surface area contributed by atoms with E-state index in [2.05, 4.69) is 0 Å². The molecule has 1 unspecified atom stereocenters. The molecule has 1 aromatic carbocycles. The normalized spacial score (nSPS) is 13.1. The van der Waals surface area contributed by atoms with Gasteiger partial charge in [-0.15, -0.1) is 0 Å². The van der Waals surface area contributed by atoms with E-state index >= 15 is 0 Å². The van der Waals surface area contributed by atoms with Crippen LogP contribution < -0.4 is 6.15 Å². The van der Waals surface area contributed by atoms with Crippen LogP contribution in [0.25, 0.3) is 0 Å². The second-order valence-electron chi connectivity index (χ2n) is 2.57. The molecule has 74 valence electrons. The van der Waals surface area contributed by atoms with Crippen LogP contribution in [0.4, 0.5) is 0 Å². The van der Waals surface area contributed by atoms with Gasteiger partial charge in [-0.3, -0.25) is 4.55 Å². The van der Waals surface area contributed by atoms with Crippen molar-refractivity contribution in [3.05, 3.63) is 35.9 Å². The minimum Gasteiger partial charge on any atom is -0.344 e. The van der Waals surface area contributed by atoms with Gasteiger partial charge < -0.3 is 6.15 Å². The molecule has 13 heavy (non-hydrogen) atoms. The fourth-order valence-electron chi connectivity index (χ4n) is 0.896. The second kappa shape index (κ2) is 4.36. The molecule has 0 saturated heterocycles. The minimum absolute atomic E-state index is 0. The van der Waals surface area contributed by atoms with Crippen molar-refractivity contribution in [1.82, 2.24) is 6.15 Å². The first-order valence-electron chi connectivity index (χ1n) is 3.53. The van der Waals surface area contributed by atoms with E-state index in [0.29, 0.717) is 5.56 Å². The van der Waals surface area contributed by atoms with Crippen molar-refractivity contribution in [1.29, 1.82) is 0 Å². The van der Waals surface area contributed by atoms with Gasteiger partial charge in [0.05, 0.1) is 0 Å². The molecular weight excluding hydrogens is 190 g/mol. The third kappa shape index (κ3) is 3.14. The van der Waals surface area contributed by atoms with Crippen LogP contribution in [0.5, 0.6) is 0 Å². The van der Waals surface area contributed by atoms with Crippen molar-refractivity contribution < 1.29 is 13.0 Å². The van der Waals surface area contributed by atoms with Crippen molar-refractivity contribution in [2.45, 2.75) is 12.2 Å². The molecule has 5 heteroatoms. The summed E-state index contributed by atoms with van der Waals surface area (Å²) in [5.74, 6) is 0. The Morgan fingerprint density at radius 1 is 1.23 bits per heavy atom. The van der Waals surface area contributed by atoms with Gasteiger partial charge >= 0.3 is 0 Å². The lowest BCUT2D eigenvalue weighted by Crippen LogP contribution is -2.07. The van der Waals surface area contributed by atoms with Crippen molar-refractivity contribution in [2.75, 3.05) is 0 Å². The Balaban J connectivity index is 0.00000144. The topological polar surface area (TPSA) is 89.4 Å². The van der Waals surface area contributed by atoms with E-state index in [0.717, 1.165) is 0 Å². The van der Waals surface area contributed by atoms with Gasteiger partial charge in [-0.05, 0) is 12.5 Å². The molecule has 0 aromatic heterocycles. The van der Waals surface area contributed by atoms with Gasteiger partial charge in [0.1, 0.15) is 5.25 Å². The zero-order valence-electron chi connectivity index (χ0n) is 7.34. The van der Waals surface area contributed by atoms with Crippen LogP contribution in [0.1, 0.15) is 17.7 Å². The fourth-order valence-corrected chi connectivity index (χ4v) is 1.40.